The van der Waals surface area contributed by atoms with Crippen molar-refractivity contribution >= 4 is 0 Å². The third-order valence-electron chi connectivity index (χ3n) is 3.48. The van der Waals surface area contributed by atoms with Crippen molar-refractivity contribution in [3.63, 3.8) is 0 Å². The summed E-state index contributed by atoms with van der Waals surface area (Å²) in [5.74, 6) is 0. The highest BCUT2D eigenvalue weighted by Crippen LogP contribution is 2.34. The third kappa shape index (κ3) is 1.86. The van der Waals surface area contributed by atoms with Gasteiger partial charge in [0.1, 0.15) is 5.67 Å². The molecule has 2 aliphatic heterocycles. The summed E-state index contributed by atoms with van der Waals surface area (Å²) >= 11 is 0. The zero-order valence-electron chi connectivity index (χ0n) is 8.01. The summed E-state index contributed by atoms with van der Waals surface area (Å²) in [6, 6.07) is 0.402. The van der Waals surface area contributed by atoms with Crippen LogP contribution < -0.4 is 0 Å². The molecule has 2 heterocycles. The molecular weight excluding hydrogens is 169 g/mol. The molecule has 0 aromatic rings. The van der Waals surface area contributed by atoms with Gasteiger partial charge in [-0.3, -0.25) is 0 Å². The Hall–Kier alpha value is -0.150. The van der Waals surface area contributed by atoms with Gasteiger partial charge in [0.25, 0.3) is 0 Å². The summed E-state index contributed by atoms with van der Waals surface area (Å²) in [4.78, 5) is 2.39. The maximum atomic E-state index is 13.8. The molecule has 0 aromatic carbocycles. The van der Waals surface area contributed by atoms with E-state index in [0.29, 0.717) is 18.9 Å². The molecule has 2 saturated heterocycles. The number of halogens is 1. The van der Waals surface area contributed by atoms with Crippen LogP contribution in [0.5, 0.6) is 0 Å². The maximum absolute atomic E-state index is 13.8. The van der Waals surface area contributed by atoms with E-state index in [4.69, 9.17) is 5.11 Å². The van der Waals surface area contributed by atoms with Gasteiger partial charge in [-0.05, 0) is 32.2 Å². The van der Waals surface area contributed by atoms with Gasteiger partial charge in [0, 0.05) is 12.6 Å². The summed E-state index contributed by atoms with van der Waals surface area (Å²) < 4.78 is 13.8. The van der Waals surface area contributed by atoms with Gasteiger partial charge in [-0.25, -0.2) is 4.39 Å². The molecule has 1 N–H and O–H groups in total. The molecule has 0 bridgehead atoms. The summed E-state index contributed by atoms with van der Waals surface area (Å²) in [7, 11) is 0. The number of alkyl halides is 1. The minimum atomic E-state index is -1.28. The quantitative estimate of drug-likeness (QED) is 0.669. The lowest BCUT2D eigenvalue weighted by Crippen LogP contribution is -2.51. The van der Waals surface area contributed by atoms with Gasteiger partial charge >= 0.3 is 0 Å². The Labute approximate surface area is 78.7 Å². The molecule has 2 atom stereocenters. The van der Waals surface area contributed by atoms with Crippen molar-refractivity contribution in [1.82, 2.24) is 4.90 Å². The standard InChI is InChI=1S/C10H18FNO/c11-10(8-13)4-6-12-5-2-1-3-9(12)7-10/h9,13H,1-8H2. The van der Waals surface area contributed by atoms with Gasteiger partial charge in [-0.2, -0.15) is 0 Å². The van der Waals surface area contributed by atoms with E-state index < -0.39 is 5.67 Å². The molecule has 2 aliphatic rings. The Morgan fingerprint density at radius 3 is 3.00 bits per heavy atom. The summed E-state index contributed by atoms with van der Waals surface area (Å²) in [6.45, 7) is 1.67. The maximum Gasteiger partial charge on any atom is 0.136 e. The predicted molar refractivity (Wildman–Crippen MR) is 49.4 cm³/mol. The second kappa shape index (κ2) is 3.54. The van der Waals surface area contributed by atoms with Gasteiger partial charge in [0.05, 0.1) is 6.61 Å². The minimum absolute atomic E-state index is 0.294. The number of piperidine rings is 2. The summed E-state index contributed by atoms with van der Waals surface area (Å²) in [5, 5.41) is 8.95. The normalized spacial score (nSPS) is 41.5. The monoisotopic (exact) mass is 187 g/mol. The second-order valence-electron chi connectivity index (χ2n) is 4.45. The third-order valence-corrected chi connectivity index (χ3v) is 3.48. The second-order valence-corrected chi connectivity index (χ2v) is 4.45. The number of nitrogens with zero attached hydrogens (tertiary/aromatic N) is 1. The van der Waals surface area contributed by atoms with Crippen molar-refractivity contribution in [2.75, 3.05) is 19.7 Å². The van der Waals surface area contributed by atoms with Crippen molar-refractivity contribution in [2.24, 2.45) is 0 Å². The number of aliphatic hydroxyl groups is 1. The molecule has 0 saturated carbocycles. The lowest BCUT2D eigenvalue weighted by atomic mass is 9.84. The molecule has 0 spiro atoms. The van der Waals surface area contributed by atoms with Crippen LogP contribution in [0.4, 0.5) is 4.39 Å². The number of fused-ring (bicyclic) bond motifs is 1. The number of aliphatic hydroxyl groups excluding tert-OH is 1. The highest BCUT2D eigenvalue weighted by Gasteiger charge is 2.40. The first-order valence-corrected chi connectivity index (χ1v) is 5.27. The van der Waals surface area contributed by atoms with Crippen LogP contribution in [0.2, 0.25) is 0 Å². The van der Waals surface area contributed by atoms with Crippen LogP contribution in [0.25, 0.3) is 0 Å². The highest BCUT2D eigenvalue weighted by molar-refractivity contribution is 4.93. The lowest BCUT2D eigenvalue weighted by Gasteiger charge is -2.44. The molecule has 76 valence electrons. The molecule has 0 amide bonds. The van der Waals surface area contributed by atoms with Crippen LogP contribution in [0.3, 0.4) is 0 Å². The average molecular weight is 187 g/mol. The van der Waals surface area contributed by atoms with Crippen LogP contribution in [0.15, 0.2) is 0 Å². The van der Waals surface area contributed by atoms with E-state index in [1.807, 2.05) is 0 Å². The van der Waals surface area contributed by atoms with Gasteiger partial charge in [0.2, 0.25) is 0 Å². The van der Waals surface area contributed by atoms with E-state index in [-0.39, 0.29) is 6.61 Å². The van der Waals surface area contributed by atoms with Crippen molar-refractivity contribution in [2.45, 2.75) is 43.8 Å². The van der Waals surface area contributed by atoms with Crippen LogP contribution in [-0.4, -0.2) is 41.4 Å². The van der Waals surface area contributed by atoms with Gasteiger partial charge in [-0.1, -0.05) is 6.42 Å². The summed E-state index contributed by atoms with van der Waals surface area (Å²) in [5.41, 5.74) is -1.28. The Morgan fingerprint density at radius 2 is 2.23 bits per heavy atom. The first-order valence-electron chi connectivity index (χ1n) is 5.27. The minimum Gasteiger partial charge on any atom is -0.393 e. The fraction of sp³-hybridized carbons (Fsp3) is 1.00. The van der Waals surface area contributed by atoms with Gasteiger partial charge in [0.15, 0.2) is 0 Å². The fourth-order valence-electron chi connectivity index (χ4n) is 2.60. The van der Waals surface area contributed by atoms with Gasteiger partial charge < -0.3 is 10.0 Å². The topological polar surface area (TPSA) is 23.5 Å². The largest absolute Gasteiger partial charge is 0.393 e. The van der Waals surface area contributed by atoms with E-state index >= 15 is 0 Å². The first kappa shape index (κ1) is 9.41. The Bertz CT molecular complexity index is 188. The van der Waals surface area contributed by atoms with Crippen LogP contribution in [-0.2, 0) is 0 Å². The van der Waals surface area contributed by atoms with Crippen molar-refractivity contribution in [1.29, 1.82) is 0 Å². The van der Waals surface area contributed by atoms with Crippen LogP contribution in [0, 0.1) is 0 Å². The van der Waals surface area contributed by atoms with Crippen molar-refractivity contribution < 1.29 is 9.50 Å². The first-order chi connectivity index (χ1) is 6.23. The molecule has 2 unspecified atom stereocenters. The Balaban J connectivity index is 1.98. The van der Waals surface area contributed by atoms with E-state index in [0.717, 1.165) is 19.5 Å². The molecule has 2 fully saturated rings. The van der Waals surface area contributed by atoms with E-state index in [1.165, 1.54) is 12.8 Å². The average Bonchev–Trinajstić information content (AvgIpc) is 2.18. The summed E-state index contributed by atoms with van der Waals surface area (Å²) in [6.07, 6.45) is 4.66. The van der Waals surface area contributed by atoms with Crippen LogP contribution in [0.1, 0.15) is 32.1 Å². The SMILES string of the molecule is OCC1(F)CCN2CCCCC2C1. The van der Waals surface area contributed by atoms with Crippen molar-refractivity contribution in [3.05, 3.63) is 0 Å². The number of hydrogen-bond donors (Lipinski definition) is 1. The molecule has 0 aliphatic carbocycles. The molecule has 2 nitrogen and oxygen atoms in total. The molecule has 13 heavy (non-hydrogen) atoms. The fourth-order valence-corrected chi connectivity index (χ4v) is 2.60. The Morgan fingerprint density at radius 1 is 1.38 bits per heavy atom. The molecule has 3 heteroatoms. The zero-order valence-corrected chi connectivity index (χ0v) is 8.01. The van der Waals surface area contributed by atoms with E-state index in [1.54, 1.807) is 0 Å². The highest BCUT2D eigenvalue weighted by atomic mass is 19.1. The Kier molecular flexibility index (Phi) is 2.56. The van der Waals surface area contributed by atoms with Gasteiger partial charge in [-0.15, -0.1) is 0 Å². The van der Waals surface area contributed by atoms with Crippen molar-refractivity contribution in [3.8, 4) is 0 Å². The zero-order chi connectivity index (χ0) is 9.31. The van der Waals surface area contributed by atoms with E-state index in [2.05, 4.69) is 4.90 Å². The number of rotatable bonds is 1. The molecular formula is C10H18FNO. The smallest absolute Gasteiger partial charge is 0.136 e. The molecule has 2 rings (SSSR count). The predicted octanol–water partition coefficient (Wildman–Crippen LogP) is 1.34. The number of hydrogen-bond acceptors (Lipinski definition) is 2. The van der Waals surface area contributed by atoms with Crippen LogP contribution >= 0.6 is 0 Å². The lowest BCUT2D eigenvalue weighted by molar-refractivity contribution is -0.0306. The molecule has 0 radical (unpaired) electrons. The molecule has 0 aromatic heterocycles. The van der Waals surface area contributed by atoms with E-state index in [9.17, 15) is 4.39 Å².